The molecular formula is C14H18F3N. The number of nitrogens with one attached hydrogen (secondary N) is 1. The highest BCUT2D eigenvalue weighted by Gasteiger charge is 2.42. The van der Waals surface area contributed by atoms with Crippen LogP contribution in [-0.4, -0.2) is 18.8 Å². The summed E-state index contributed by atoms with van der Waals surface area (Å²) in [5.74, 6) is 0.0529. The van der Waals surface area contributed by atoms with E-state index in [0.29, 0.717) is 13.0 Å². The molecular weight excluding hydrogens is 239 g/mol. The van der Waals surface area contributed by atoms with Crippen LogP contribution in [0.2, 0.25) is 0 Å². The van der Waals surface area contributed by atoms with Gasteiger partial charge in [0.25, 0.3) is 0 Å². The second-order valence-corrected chi connectivity index (χ2v) is 4.88. The van der Waals surface area contributed by atoms with E-state index < -0.39 is 12.2 Å². The predicted molar refractivity (Wildman–Crippen MR) is 65.6 cm³/mol. The van der Waals surface area contributed by atoms with Crippen molar-refractivity contribution in [1.29, 1.82) is 0 Å². The Balaban J connectivity index is 1.99. The molecule has 2 rings (SSSR count). The van der Waals surface area contributed by atoms with Gasteiger partial charge in [0, 0.05) is 0 Å². The molecule has 0 radical (unpaired) electrons. The molecule has 0 amide bonds. The lowest BCUT2D eigenvalue weighted by atomic mass is 9.74. The first kappa shape index (κ1) is 13.4. The molecule has 1 aromatic rings. The van der Waals surface area contributed by atoms with Crippen LogP contribution in [0.15, 0.2) is 24.3 Å². The molecule has 1 nitrogen and oxygen atoms in total. The minimum atomic E-state index is -4.15. The van der Waals surface area contributed by atoms with Gasteiger partial charge >= 0.3 is 6.18 Å². The highest BCUT2D eigenvalue weighted by Crippen LogP contribution is 2.40. The standard InChI is InChI=1S/C14H18F3N/c1-2-7-18-13(14(15,16)17)9-11-8-10-5-3-4-6-12(10)11/h3-6,11,13,18H,2,7-9H2,1H3. The van der Waals surface area contributed by atoms with Crippen molar-refractivity contribution < 1.29 is 13.2 Å². The quantitative estimate of drug-likeness (QED) is 0.849. The third-order valence-corrected chi connectivity index (χ3v) is 3.52. The van der Waals surface area contributed by atoms with Crippen LogP contribution < -0.4 is 5.32 Å². The molecule has 0 aromatic heterocycles. The number of hydrogen-bond acceptors (Lipinski definition) is 1. The molecule has 0 spiro atoms. The molecule has 0 aliphatic heterocycles. The molecule has 2 unspecified atom stereocenters. The molecule has 0 fully saturated rings. The van der Waals surface area contributed by atoms with Gasteiger partial charge in [-0.05, 0) is 42.9 Å². The minimum absolute atomic E-state index is 0.0529. The molecule has 18 heavy (non-hydrogen) atoms. The summed E-state index contributed by atoms with van der Waals surface area (Å²) in [6.45, 7) is 2.29. The van der Waals surface area contributed by atoms with Crippen LogP contribution in [0.5, 0.6) is 0 Å². The summed E-state index contributed by atoms with van der Waals surface area (Å²) in [6, 6.07) is 6.39. The van der Waals surface area contributed by atoms with Crippen LogP contribution >= 0.6 is 0 Å². The summed E-state index contributed by atoms with van der Waals surface area (Å²) >= 11 is 0. The predicted octanol–water partition coefficient (Wildman–Crippen LogP) is 3.65. The van der Waals surface area contributed by atoms with Gasteiger partial charge in [-0.1, -0.05) is 31.2 Å². The van der Waals surface area contributed by atoms with Crippen LogP contribution in [-0.2, 0) is 6.42 Å². The Kier molecular flexibility index (Phi) is 3.95. The van der Waals surface area contributed by atoms with E-state index in [1.165, 1.54) is 5.56 Å². The summed E-state index contributed by atoms with van der Waals surface area (Å²) in [5.41, 5.74) is 2.28. The topological polar surface area (TPSA) is 12.0 Å². The first-order chi connectivity index (χ1) is 8.52. The number of fused-ring (bicyclic) bond motifs is 1. The number of halogens is 3. The monoisotopic (exact) mass is 257 g/mol. The van der Waals surface area contributed by atoms with Crippen molar-refractivity contribution in [3.63, 3.8) is 0 Å². The maximum absolute atomic E-state index is 12.9. The number of rotatable bonds is 5. The first-order valence-corrected chi connectivity index (χ1v) is 6.40. The van der Waals surface area contributed by atoms with Crippen LogP contribution in [0.4, 0.5) is 13.2 Å². The fourth-order valence-electron chi connectivity index (χ4n) is 2.51. The molecule has 0 bridgehead atoms. The molecule has 0 saturated carbocycles. The SMILES string of the molecule is CCCNC(CC1Cc2ccccc21)C(F)(F)F. The van der Waals surface area contributed by atoms with Crippen LogP contribution in [0.25, 0.3) is 0 Å². The third kappa shape index (κ3) is 2.86. The zero-order valence-corrected chi connectivity index (χ0v) is 10.4. The van der Waals surface area contributed by atoms with E-state index in [2.05, 4.69) is 5.32 Å². The van der Waals surface area contributed by atoms with Gasteiger partial charge < -0.3 is 5.32 Å². The van der Waals surface area contributed by atoms with Crippen molar-refractivity contribution in [2.24, 2.45) is 0 Å². The van der Waals surface area contributed by atoms with E-state index in [1.807, 2.05) is 31.2 Å². The van der Waals surface area contributed by atoms with Crippen molar-refractivity contribution in [2.45, 2.75) is 44.3 Å². The number of alkyl halides is 3. The van der Waals surface area contributed by atoms with Gasteiger partial charge in [-0.3, -0.25) is 0 Å². The second kappa shape index (κ2) is 5.31. The van der Waals surface area contributed by atoms with Gasteiger partial charge in [-0.2, -0.15) is 13.2 Å². The summed E-state index contributed by atoms with van der Waals surface area (Å²) in [6.07, 6.45) is -2.51. The molecule has 0 heterocycles. The molecule has 100 valence electrons. The highest BCUT2D eigenvalue weighted by atomic mass is 19.4. The van der Waals surface area contributed by atoms with Gasteiger partial charge in [0.1, 0.15) is 6.04 Å². The van der Waals surface area contributed by atoms with Gasteiger partial charge in [0.05, 0.1) is 0 Å². The third-order valence-electron chi connectivity index (χ3n) is 3.52. The van der Waals surface area contributed by atoms with Gasteiger partial charge in [-0.25, -0.2) is 0 Å². The maximum Gasteiger partial charge on any atom is 0.403 e. The summed E-state index contributed by atoms with van der Waals surface area (Å²) in [5, 5.41) is 2.61. The molecule has 2 atom stereocenters. The van der Waals surface area contributed by atoms with Crippen LogP contribution in [0.3, 0.4) is 0 Å². The first-order valence-electron chi connectivity index (χ1n) is 6.40. The van der Waals surface area contributed by atoms with Crippen molar-refractivity contribution in [1.82, 2.24) is 5.32 Å². The second-order valence-electron chi connectivity index (χ2n) is 4.88. The van der Waals surface area contributed by atoms with Crippen molar-refractivity contribution in [3.05, 3.63) is 35.4 Å². The van der Waals surface area contributed by atoms with E-state index >= 15 is 0 Å². The largest absolute Gasteiger partial charge is 0.403 e. The zero-order valence-electron chi connectivity index (χ0n) is 10.4. The Bertz CT molecular complexity index is 400. The van der Waals surface area contributed by atoms with Crippen LogP contribution in [0, 0.1) is 0 Å². The summed E-state index contributed by atoms with van der Waals surface area (Å²) < 4.78 is 38.6. The lowest BCUT2D eigenvalue weighted by Crippen LogP contribution is -2.44. The van der Waals surface area contributed by atoms with E-state index in [9.17, 15) is 13.2 Å². The normalized spacial score (nSPS) is 20.1. The molecule has 4 heteroatoms. The van der Waals surface area contributed by atoms with Crippen molar-refractivity contribution in [2.75, 3.05) is 6.54 Å². The molecule has 1 N–H and O–H groups in total. The van der Waals surface area contributed by atoms with Gasteiger partial charge in [0.2, 0.25) is 0 Å². The maximum atomic E-state index is 12.9. The Morgan fingerprint density at radius 2 is 2.06 bits per heavy atom. The summed E-state index contributed by atoms with van der Waals surface area (Å²) in [4.78, 5) is 0. The van der Waals surface area contributed by atoms with E-state index in [4.69, 9.17) is 0 Å². The van der Waals surface area contributed by atoms with Gasteiger partial charge in [-0.15, -0.1) is 0 Å². The smallest absolute Gasteiger partial charge is 0.306 e. The van der Waals surface area contributed by atoms with E-state index in [1.54, 1.807) is 0 Å². The average molecular weight is 257 g/mol. The average Bonchev–Trinajstić information content (AvgIpc) is 2.28. The molecule has 1 aromatic carbocycles. The number of hydrogen-bond donors (Lipinski definition) is 1. The van der Waals surface area contributed by atoms with Gasteiger partial charge in [0.15, 0.2) is 0 Å². The zero-order chi connectivity index (χ0) is 13.2. The Morgan fingerprint density at radius 1 is 1.33 bits per heavy atom. The molecule has 1 aliphatic carbocycles. The molecule has 0 saturated heterocycles. The lowest BCUT2D eigenvalue weighted by Gasteiger charge is -2.34. The molecule has 1 aliphatic rings. The van der Waals surface area contributed by atoms with E-state index in [0.717, 1.165) is 12.0 Å². The van der Waals surface area contributed by atoms with E-state index in [-0.39, 0.29) is 12.3 Å². The highest BCUT2D eigenvalue weighted by molar-refractivity contribution is 5.39. The number of benzene rings is 1. The van der Waals surface area contributed by atoms with Crippen molar-refractivity contribution >= 4 is 0 Å². The summed E-state index contributed by atoms with van der Waals surface area (Å²) in [7, 11) is 0. The Labute approximate surface area is 105 Å². The Morgan fingerprint density at radius 3 is 2.67 bits per heavy atom. The van der Waals surface area contributed by atoms with Crippen LogP contribution in [0.1, 0.15) is 36.8 Å². The Hall–Kier alpha value is -1.03. The fourth-order valence-corrected chi connectivity index (χ4v) is 2.51. The fraction of sp³-hybridized carbons (Fsp3) is 0.571. The minimum Gasteiger partial charge on any atom is -0.306 e. The lowest BCUT2D eigenvalue weighted by molar-refractivity contribution is -0.158. The van der Waals surface area contributed by atoms with Crippen molar-refractivity contribution in [3.8, 4) is 0 Å².